The molecule has 3 aromatic carbocycles. The number of allylic oxidation sites excluding steroid dienone is 1. The zero-order valence-corrected chi connectivity index (χ0v) is 28.3. The number of aliphatic hydroxyl groups excluding tert-OH is 1. The Morgan fingerprint density at radius 1 is 1.00 bits per heavy atom. The summed E-state index contributed by atoms with van der Waals surface area (Å²) in [5.41, 5.74) is 5.33. The van der Waals surface area contributed by atoms with E-state index >= 15 is 0 Å². The molecular weight excluding hydrogens is 661 g/mol. The van der Waals surface area contributed by atoms with Crippen LogP contribution in [0.15, 0.2) is 82.3 Å². The minimum absolute atomic E-state index is 0.0207. The van der Waals surface area contributed by atoms with Gasteiger partial charge in [-0.05, 0) is 103 Å². The molecule has 12 heteroatoms. The number of benzene rings is 3. The Morgan fingerprint density at radius 3 is 2.36 bits per heavy atom. The van der Waals surface area contributed by atoms with Crippen molar-refractivity contribution in [1.29, 1.82) is 0 Å². The van der Waals surface area contributed by atoms with Gasteiger partial charge < -0.3 is 9.84 Å². The normalized spacial score (nSPS) is 23.9. The number of rotatable bonds is 7. The van der Waals surface area contributed by atoms with E-state index < -0.39 is 46.7 Å². The number of esters is 1. The molecule has 2 fully saturated rings. The molecule has 0 spiro atoms. The highest BCUT2D eigenvalue weighted by Crippen LogP contribution is 2.44. The van der Waals surface area contributed by atoms with E-state index in [1.807, 2.05) is 43.3 Å². The second-order valence-electron chi connectivity index (χ2n) is 12.3. The van der Waals surface area contributed by atoms with Gasteiger partial charge >= 0.3 is 5.97 Å². The van der Waals surface area contributed by atoms with Gasteiger partial charge in [-0.1, -0.05) is 53.5 Å². The summed E-state index contributed by atoms with van der Waals surface area (Å²) in [5.74, 6) is -1.54. The number of amides is 1. The van der Waals surface area contributed by atoms with Crippen molar-refractivity contribution >= 4 is 56.9 Å². The first-order chi connectivity index (χ1) is 22.4. The van der Waals surface area contributed by atoms with Crippen LogP contribution in [0.1, 0.15) is 54.0 Å². The van der Waals surface area contributed by atoms with Gasteiger partial charge in [0, 0.05) is 28.9 Å². The zero-order valence-electron chi connectivity index (χ0n) is 26.0. The molecule has 4 unspecified atom stereocenters. The molecule has 0 aromatic heterocycles. The van der Waals surface area contributed by atoms with Crippen LogP contribution in [0.25, 0.3) is 6.08 Å². The molecule has 0 bridgehead atoms. The van der Waals surface area contributed by atoms with Gasteiger partial charge in [0.2, 0.25) is 10.0 Å². The first-order valence-corrected chi connectivity index (χ1v) is 17.7. The lowest BCUT2D eigenvalue weighted by molar-refractivity contribution is -0.155. The highest BCUT2D eigenvalue weighted by molar-refractivity contribution is 7.89. The topological polar surface area (TPSA) is 117 Å². The first kappa shape index (κ1) is 33.4. The maximum atomic E-state index is 13.8. The Labute approximate surface area is 284 Å². The molecular formula is C35H35Cl2N3O6S. The summed E-state index contributed by atoms with van der Waals surface area (Å²) in [4.78, 5) is 27.2. The summed E-state index contributed by atoms with van der Waals surface area (Å²) in [6.45, 7) is 2.77. The minimum atomic E-state index is -4.13. The van der Waals surface area contributed by atoms with E-state index in [1.54, 1.807) is 31.2 Å². The Hall–Kier alpha value is -3.54. The zero-order chi connectivity index (χ0) is 33.5. The van der Waals surface area contributed by atoms with Crippen LogP contribution in [-0.2, 0) is 24.3 Å². The molecule has 1 N–H and O–H groups in total. The average Bonchev–Trinajstić information content (AvgIpc) is 3.65. The average molecular weight is 697 g/mol. The number of hydrogen-bond acceptors (Lipinski definition) is 7. The van der Waals surface area contributed by atoms with Crippen molar-refractivity contribution in [3.05, 3.63) is 105 Å². The number of aryl methyl sites for hydroxylation is 2. The number of nitrogens with zero attached hydrogens (tertiary/aromatic N) is 3. The summed E-state index contributed by atoms with van der Waals surface area (Å²) in [7, 11) is -4.13. The van der Waals surface area contributed by atoms with Crippen molar-refractivity contribution in [3.63, 3.8) is 0 Å². The number of carbonyl (C=O) groups excluding carboxylic acids is 2. The molecule has 1 amide bonds. The predicted octanol–water partition coefficient (Wildman–Crippen LogP) is 6.10. The van der Waals surface area contributed by atoms with E-state index in [-0.39, 0.29) is 23.8 Å². The van der Waals surface area contributed by atoms with Gasteiger partial charge in [0.15, 0.2) is 6.61 Å². The molecule has 3 aliphatic rings. The number of carbonyl (C=O) groups is 2. The van der Waals surface area contributed by atoms with Gasteiger partial charge in [-0.15, -0.1) is 0 Å². The summed E-state index contributed by atoms with van der Waals surface area (Å²) in [6, 6.07) is 17.8. The van der Waals surface area contributed by atoms with Crippen LogP contribution in [0.3, 0.4) is 0 Å². The lowest BCUT2D eigenvalue weighted by Gasteiger charge is -2.29. The molecule has 2 aliphatic heterocycles. The van der Waals surface area contributed by atoms with E-state index in [1.165, 1.54) is 11.1 Å². The Kier molecular flexibility index (Phi) is 9.60. The van der Waals surface area contributed by atoms with Crippen LogP contribution < -0.4 is 0 Å². The maximum absolute atomic E-state index is 13.8. The van der Waals surface area contributed by atoms with Gasteiger partial charge in [0.1, 0.15) is 6.04 Å². The third kappa shape index (κ3) is 6.89. The molecule has 246 valence electrons. The largest absolute Gasteiger partial charge is 0.454 e. The van der Waals surface area contributed by atoms with Crippen molar-refractivity contribution in [2.24, 2.45) is 11.0 Å². The SMILES string of the molecule is Cc1ccc(S(=O)(=O)N2CC(O)CC2C(=O)OCC(=O)N2N=C3C(=Cc4ccc(Cl)cc4)CCCC3C2c2ccc(Cl)cc2)cc1C. The molecule has 2 heterocycles. The molecule has 9 nitrogen and oxygen atoms in total. The van der Waals surface area contributed by atoms with Crippen LogP contribution in [0.2, 0.25) is 10.0 Å². The second kappa shape index (κ2) is 13.5. The molecule has 1 aliphatic carbocycles. The summed E-state index contributed by atoms with van der Waals surface area (Å²) in [6.07, 6.45) is 3.36. The fourth-order valence-corrected chi connectivity index (χ4v) is 8.49. The summed E-state index contributed by atoms with van der Waals surface area (Å²) >= 11 is 12.3. The maximum Gasteiger partial charge on any atom is 0.325 e. The second-order valence-corrected chi connectivity index (χ2v) is 15.0. The molecule has 4 atom stereocenters. The number of ether oxygens (including phenoxy) is 1. The van der Waals surface area contributed by atoms with Crippen LogP contribution in [0, 0.1) is 19.8 Å². The van der Waals surface area contributed by atoms with Gasteiger partial charge in [-0.25, -0.2) is 13.4 Å². The Morgan fingerprint density at radius 2 is 1.68 bits per heavy atom. The number of fused-ring (bicyclic) bond motifs is 1. The van der Waals surface area contributed by atoms with Crippen molar-refractivity contribution in [3.8, 4) is 0 Å². The highest BCUT2D eigenvalue weighted by atomic mass is 35.5. The Bertz CT molecular complexity index is 1860. The van der Waals surface area contributed by atoms with Crippen molar-refractivity contribution < 1.29 is 27.9 Å². The molecule has 3 aromatic rings. The number of aliphatic hydroxyl groups is 1. The summed E-state index contributed by atoms with van der Waals surface area (Å²) < 4.78 is 33.5. The lowest BCUT2D eigenvalue weighted by atomic mass is 9.77. The first-order valence-electron chi connectivity index (χ1n) is 15.5. The molecule has 1 saturated heterocycles. The fourth-order valence-electron chi connectivity index (χ4n) is 6.53. The van der Waals surface area contributed by atoms with Crippen LogP contribution in [0.4, 0.5) is 0 Å². The highest BCUT2D eigenvalue weighted by Gasteiger charge is 2.46. The fraction of sp³-hybridized carbons (Fsp3) is 0.343. The van der Waals surface area contributed by atoms with Crippen molar-refractivity contribution in [2.45, 2.75) is 62.6 Å². The van der Waals surface area contributed by atoms with Gasteiger partial charge in [-0.2, -0.15) is 9.41 Å². The van der Waals surface area contributed by atoms with Crippen molar-refractivity contribution in [1.82, 2.24) is 9.31 Å². The third-order valence-electron chi connectivity index (χ3n) is 9.11. The van der Waals surface area contributed by atoms with E-state index in [0.717, 1.165) is 57.1 Å². The van der Waals surface area contributed by atoms with Crippen LogP contribution in [-0.4, -0.2) is 65.7 Å². The van der Waals surface area contributed by atoms with Gasteiger partial charge in [-0.3, -0.25) is 9.59 Å². The quantitative estimate of drug-likeness (QED) is 0.299. The molecule has 1 saturated carbocycles. The number of β-amino-alcohol motifs (C(OH)–C–C–N with tert-alkyl or cyclic N) is 1. The summed E-state index contributed by atoms with van der Waals surface area (Å²) in [5, 5.41) is 17.8. The number of hydrazone groups is 1. The van der Waals surface area contributed by atoms with E-state index in [9.17, 15) is 23.1 Å². The van der Waals surface area contributed by atoms with E-state index in [0.29, 0.717) is 10.0 Å². The van der Waals surface area contributed by atoms with Gasteiger partial charge in [0.05, 0.1) is 22.8 Å². The molecule has 6 rings (SSSR count). The van der Waals surface area contributed by atoms with E-state index in [4.69, 9.17) is 33.0 Å². The number of halogens is 2. The van der Waals surface area contributed by atoms with Crippen molar-refractivity contribution in [2.75, 3.05) is 13.2 Å². The standard InChI is InChI=1S/C35H35Cl2N3O6S/c1-21-6-15-29(16-22(21)2)47(44,45)39-19-28(41)18-31(39)35(43)46-20-32(42)40-34(24-9-13-27(37)14-10-24)30-5-3-4-25(33(30)38-40)17-23-7-11-26(36)12-8-23/h6-17,28,30-31,34,41H,3-5,18-20H2,1-2H3. The predicted molar refractivity (Wildman–Crippen MR) is 180 cm³/mol. The Balaban J connectivity index is 1.24. The van der Waals surface area contributed by atoms with E-state index in [2.05, 4.69) is 6.08 Å². The minimum Gasteiger partial charge on any atom is -0.454 e. The monoisotopic (exact) mass is 695 g/mol. The van der Waals surface area contributed by atoms with Crippen LogP contribution >= 0.6 is 23.2 Å². The number of hydrogen-bond donors (Lipinski definition) is 1. The smallest absolute Gasteiger partial charge is 0.325 e. The molecule has 0 radical (unpaired) electrons. The molecule has 47 heavy (non-hydrogen) atoms. The number of sulfonamides is 1. The third-order valence-corrected chi connectivity index (χ3v) is 11.5. The lowest BCUT2D eigenvalue weighted by Crippen LogP contribution is -2.42. The van der Waals surface area contributed by atoms with Crippen LogP contribution in [0.5, 0.6) is 0 Å². The van der Waals surface area contributed by atoms with Gasteiger partial charge in [0.25, 0.3) is 5.91 Å².